The number of hydrogen-bond acceptors (Lipinski definition) is 2. The first kappa shape index (κ1) is 23.5. The Hall–Kier alpha value is -3.18. The predicted molar refractivity (Wildman–Crippen MR) is 97.1 cm³/mol. The molecular weight excluding hydrogens is 452 g/mol. The van der Waals surface area contributed by atoms with Gasteiger partial charge in [-0.2, -0.15) is 35.1 Å². The summed E-state index contributed by atoms with van der Waals surface area (Å²) < 4.78 is 120. The summed E-state index contributed by atoms with van der Waals surface area (Å²) in [7, 11) is 0. The van der Waals surface area contributed by atoms with Crippen molar-refractivity contribution in [1.29, 1.82) is 0 Å². The van der Waals surface area contributed by atoms with E-state index in [0.29, 0.717) is 0 Å². The molecule has 0 radical (unpaired) electrons. The molecule has 2 amide bonds. The summed E-state index contributed by atoms with van der Waals surface area (Å²) >= 11 is 0. The lowest BCUT2D eigenvalue weighted by atomic mass is 9.87. The van der Waals surface area contributed by atoms with E-state index >= 15 is 17.6 Å². The normalized spacial score (nSPS) is 19.6. The van der Waals surface area contributed by atoms with Crippen LogP contribution >= 0.6 is 0 Å². The molecule has 4 aliphatic carbocycles. The third-order valence-corrected chi connectivity index (χ3v) is 4.85. The van der Waals surface area contributed by atoms with E-state index < -0.39 is 69.1 Å². The van der Waals surface area contributed by atoms with Crippen molar-refractivity contribution in [3.05, 3.63) is 58.7 Å². The van der Waals surface area contributed by atoms with Crippen molar-refractivity contribution in [2.75, 3.05) is 10.6 Å². The van der Waals surface area contributed by atoms with Crippen LogP contribution in [-0.4, -0.2) is 11.8 Å². The first-order valence-corrected chi connectivity index (χ1v) is 8.90. The fraction of sp³-hybridized carbons (Fsp3) is 0.300. The largest absolute Gasteiger partial charge is 0.341 e. The standard InChI is InChI=1S/C20H14F8N2O2/c1-9(31)29-15-7-11-3-5-13(15)19(25,26)20(27,28)14-6-4-12(8-16(14)30-10(2)32)18(23,24)17(11,21)22/h3-8H,1-2H3,(H,29,31)(H,30,32). The number of alkyl halides is 8. The van der Waals surface area contributed by atoms with Gasteiger partial charge in [-0.05, 0) is 12.1 Å². The zero-order valence-electron chi connectivity index (χ0n) is 16.3. The van der Waals surface area contributed by atoms with E-state index in [0.717, 1.165) is 13.8 Å². The van der Waals surface area contributed by atoms with E-state index in [-0.39, 0.29) is 36.4 Å². The highest BCUT2D eigenvalue weighted by Gasteiger charge is 2.63. The van der Waals surface area contributed by atoms with Gasteiger partial charge in [-0.1, -0.05) is 24.3 Å². The summed E-state index contributed by atoms with van der Waals surface area (Å²) in [6.07, 6.45) is 0. The van der Waals surface area contributed by atoms with Crippen LogP contribution in [0.4, 0.5) is 46.5 Å². The quantitative estimate of drug-likeness (QED) is 0.560. The lowest BCUT2D eigenvalue weighted by Gasteiger charge is -2.33. The molecule has 0 unspecified atom stereocenters. The second-order valence-corrected chi connectivity index (χ2v) is 7.18. The Labute approximate surface area is 175 Å². The molecular formula is C20H14F8N2O2. The molecule has 6 rings (SSSR count). The molecule has 12 heteroatoms. The van der Waals surface area contributed by atoms with Crippen LogP contribution in [0.1, 0.15) is 36.1 Å². The molecule has 4 nitrogen and oxygen atoms in total. The lowest BCUT2D eigenvalue weighted by molar-refractivity contribution is -0.226. The van der Waals surface area contributed by atoms with Crippen LogP contribution in [0, 0.1) is 0 Å². The maximum Gasteiger partial charge on any atom is 0.341 e. The fourth-order valence-corrected chi connectivity index (χ4v) is 3.31. The summed E-state index contributed by atoms with van der Waals surface area (Å²) in [4.78, 5) is 22.8. The molecule has 0 aliphatic heterocycles. The van der Waals surface area contributed by atoms with E-state index in [4.69, 9.17) is 0 Å². The van der Waals surface area contributed by atoms with Crippen molar-refractivity contribution in [1.82, 2.24) is 0 Å². The Balaban J connectivity index is 2.47. The van der Waals surface area contributed by atoms with E-state index in [2.05, 4.69) is 0 Å². The summed E-state index contributed by atoms with van der Waals surface area (Å²) in [6.45, 7) is 1.57. The molecule has 0 fully saturated rings. The van der Waals surface area contributed by atoms with Gasteiger partial charge in [-0.15, -0.1) is 0 Å². The van der Waals surface area contributed by atoms with Gasteiger partial charge < -0.3 is 10.6 Å². The molecule has 0 spiro atoms. The average Bonchev–Trinajstić information content (AvgIpc) is 2.65. The van der Waals surface area contributed by atoms with Crippen molar-refractivity contribution in [2.24, 2.45) is 0 Å². The number of nitrogens with one attached hydrogen (secondary N) is 2. The average molecular weight is 466 g/mol. The predicted octanol–water partition coefficient (Wildman–Crippen LogP) is 5.68. The molecule has 0 aromatic heterocycles. The van der Waals surface area contributed by atoms with Gasteiger partial charge in [0.05, 0.1) is 22.5 Å². The van der Waals surface area contributed by atoms with Crippen LogP contribution in [-0.2, 0) is 33.3 Å². The van der Waals surface area contributed by atoms with Crippen LogP contribution in [0.5, 0.6) is 0 Å². The van der Waals surface area contributed by atoms with E-state index in [1.165, 1.54) is 0 Å². The molecule has 0 saturated carbocycles. The highest BCUT2D eigenvalue weighted by atomic mass is 19.3. The van der Waals surface area contributed by atoms with E-state index in [9.17, 15) is 27.2 Å². The van der Waals surface area contributed by atoms with Gasteiger partial charge in [-0.3, -0.25) is 9.59 Å². The number of rotatable bonds is 2. The lowest BCUT2D eigenvalue weighted by Crippen LogP contribution is -2.40. The Morgan fingerprint density at radius 2 is 0.906 bits per heavy atom. The van der Waals surface area contributed by atoms with Crippen molar-refractivity contribution in [2.45, 2.75) is 37.5 Å². The molecule has 4 bridgehead atoms. The highest BCUT2D eigenvalue weighted by molar-refractivity contribution is 5.91. The highest BCUT2D eigenvalue weighted by Crippen LogP contribution is 2.57. The van der Waals surface area contributed by atoms with Gasteiger partial charge in [-0.25, -0.2) is 0 Å². The van der Waals surface area contributed by atoms with Crippen LogP contribution in [0.2, 0.25) is 0 Å². The van der Waals surface area contributed by atoms with Crippen LogP contribution in [0.15, 0.2) is 36.4 Å². The number of carbonyl (C=O) groups excluding carboxylic acids is 2. The third-order valence-electron chi connectivity index (χ3n) is 4.85. The molecule has 2 aromatic carbocycles. The molecule has 172 valence electrons. The number of halogens is 8. The zero-order chi connectivity index (χ0) is 24.3. The number of anilines is 2. The summed E-state index contributed by atoms with van der Waals surface area (Å²) in [6, 6.07) is 0.812. The molecule has 0 atom stereocenters. The topological polar surface area (TPSA) is 58.2 Å². The van der Waals surface area contributed by atoms with Crippen LogP contribution in [0.25, 0.3) is 0 Å². The van der Waals surface area contributed by atoms with Gasteiger partial charge in [0.1, 0.15) is 0 Å². The second-order valence-electron chi connectivity index (χ2n) is 7.18. The minimum absolute atomic E-state index is 0.108. The second kappa shape index (κ2) is 7.17. The molecule has 2 N–H and O–H groups in total. The number of amides is 2. The van der Waals surface area contributed by atoms with E-state index in [1.807, 2.05) is 0 Å². The van der Waals surface area contributed by atoms with E-state index in [1.54, 1.807) is 10.6 Å². The smallest absolute Gasteiger partial charge is 0.326 e. The van der Waals surface area contributed by atoms with Gasteiger partial charge in [0.2, 0.25) is 11.8 Å². The molecule has 0 saturated heterocycles. The Morgan fingerprint density at radius 3 is 1.19 bits per heavy atom. The molecule has 0 heterocycles. The Kier molecular flexibility index (Phi) is 5.26. The maximum atomic E-state index is 15.1. The van der Waals surface area contributed by atoms with Crippen molar-refractivity contribution in [3.8, 4) is 0 Å². The number of carbonyl (C=O) groups is 2. The summed E-state index contributed by atoms with van der Waals surface area (Å²) in [5, 5.41) is 3.43. The number of benzene rings is 2. The first-order chi connectivity index (χ1) is 14.5. The van der Waals surface area contributed by atoms with Crippen LogP contribution in [0.3, 0.4) is 0 Å². The molecule has 2 aromatic rings. The first-order valence-electron chi connectivity index (χ1n) is 8.90. The Morgan fingerprint density at radius 1 is 0.594 bits per heavy atom. The molecule has 32 heavy (non-hydrogen) atoms. The SMILES string of the molecule is CC(=O)Nc1cc2ccc1C(F)(F)C(F)(F)c1ccc(cc1NC(C)=O)C(F)(F)C2(F)F. The van der Waals surface area contributed by atoms with Crippen LogP contribution < -0.4 is 10.6 Å². The fourth-order valence-electron chi connectivity index (χ4n) is 3.31. The van der Waals surface area contributed by atoms with Crippen molar-refractivity contribution >= 4 is 23.2 Å². The van der Waals surface area contributed by atoms with Gasteiger partial charge >= 0.3 is 23.7 Å². The monoisotopic (exact) mass is 466 g/mol. The summed E-state index contributed by atoms with van der Waals surface area (Å²) in [5.74, 6) is -22.4. The number of hydrogen-bond donors (Lipinski definition) is 2. The molecule has 4 aliphatic rings. The minimum atomic E-state index is -5.12. The van der Waals surface area contributed by atoms with Gasteiger partial charge in [0, 0.05) is 25.0 Å². The maximum absolute atomic E-state index is 15.1. The van der Waals surface area contributed by atoms with Crippen molar-refractivity contribution < 1.29 is 44.7 Å². The Bertz CT molecular complexity index is 1030. The van der Waals surface area contributed by atoms with Gasteiger partial charge in [0.15, 0.2) is 0 Å². The van der Waals surface area contributed by atoms with Crippen molar-refractivity contribution in [3.63, 3.8) is 0 Å². The van der Waals surface area contributed by atoms with Gasteiger partial charge in [0.25, 0.3) is 0 Å². The summed E-state index contributed by atoms with van der Waals surface area (Å²) in [5.41, 5.74) is -8.55. The minimum Gasteiger partial charge on any atom is -0.326 e. The third kappa shape index (κ3) is 3.37. The zero-order valence-corrected chi connectivity index (χ0v) is 16.3.